The first-order valence-electron chi connectivity index (χ1n) is 4.72. The number of carbonyl (C=O) groups excluding carboxylic acids is 1. The fraction of sp³-hybridized carbons (Fsp3) is 0.750. The van der Waals surface area contributed by atoms with Gasteiger partial charge in [-0.2, -0.15) is 18.9 Å². The lowest BCUT2D eigenvalue weighted by Crippen LogP contribution is -2.61. The number of nitrogens with zero attached hydrogens (tertiary/aromatic N) is 2. The molecule has 1 rings (SSSR count). The molecule has 1 heterocycles. The van der Waals surface area contributed by atoms with E-state index in [1.165, 1.54) is 0 Å². The van der Waals surface area contributed by atoms with E-state index in [1.54, 1.807) is 0 Å². The Labute approximate surface area is 103 Å². The highest BCUT2D eigenvalue weighted by atomic mass is 19.4. The predicted molar refractivity (Wildman–Crippen MR) is 49.0 cm³/mol. The summed E-state index contributed by atoms with van der Waals surface area (Å²) in [4.78, 5) is 11.2. The summed E-state index contributed by atoms with van der Waals surface area (Å²) >= 11 is 0. The van der Waals surface area contributed by atoms with E-state index in [-0.39, 0.29) is 10.7 Å². The fourth-order valence-corrected chi connectivity index (χ4v) is 1.45. The van der Waals surface area contributed by atoms with E-state index in [1.807, 2.05) is 0 Å². The molecule has 0 bridgehead atoms. The van der Waals surface area contributed by atoms with Crippen molar-refractivity contribution in [2.24, 2.45) is 5.10 Å². The molecule has 0 unspecified atom stereocenters. The number of amides is 1. The first-order chi connectivity index (χ1) is 8.43. The van der Waals surface area contributed by atoms with Gasteiger partial charge in [-0.25, -0.2) is 9.53 Å². The quantitative estimate of drug-likeness (QED) is 0.786. The molecule has 6 nitrogen and oxygen atoms in total. The van der Waals surface area contributed by atoms with Crippen molar-refractivity contribution in [3.05, 3.63) is 0 Å². The maximum atomic E-state index is 13.4. The smallest absolute Gasteiger partial charge is 0.451 e. The number of halogens is 5. The number of hydrazone groups is 1. The molecule has 0 radical (unpaired) electrons. The van der Waals surface area contributed by atoms with Gasteiger partial charge in [-0.1, -0.05) is 0 Å². The fourth-order valence-electron chi connectivity index (χ4n) is 1.45. The van der Waals surface area contributed by atoms with Crippen molar-refractivity contribution in [1.29, 1.82) is 0 Å². The van der Waals surface area contributed by atoms with Crippen LogP contribution in [0.2, 0.25) is 0 Å². The second-order valence-corrected chi connectivity index (χ2v) is 3.68. The molecule has 0 aromatic rings. The molecule has 1 amide bonds. The lowest BCUT2D eigenvalue weighted by atomic mass is 10.1. The summed E-state index contributed by atoms with van der Waals surface area (Å²) in [7, 11) is 0.786. The van der Waals surface area contributed by atoms with Gasteiger partial charge in [0.25, 0.3) is 5.72 Å². The van der Waals surface area contributed by atoms with E-state index >= 15 is 0 Å². The first-order valence-corrected chi connectivity index (χ1v) is 4.72. The molecule has 0 fully saturated rings. The Kier molecular flexibility index (Phi) is 3.74. The standard InChI is InChI=1S/C8H9F5N2O4/c1-4-3-6(17,15(14-4)5(16)18-2)7(9,10)19-8(11,12)13/h17H,3H2,1-2H3/t6-/m1/s1. The molecular weight excluding hydrogens is 283 g/mol. The normalized spacial score (nSPS) is 24.4. The van der Waals surface area contributed by atoms with Gasteiger partial charge in [0, 0.05) is 12.1 Å². The molecular formula is C8H9F5N2O4. The number of methoxy groups -OCH3 is 1. The number of carbonyl (C=O) groups is 1. The minimum Gasteiger partial charge on any atom is -0.451 e. The molecule has 1 aliphatic rings. The van der Waals surface area contributed by atoms with Gasteiger partial charge in [-0.3, -0.25) is 0 Å². The molecule has 1 aliphatic heterocycles. The molecule has 0 saturated carbocycles. The zero-order valence-electron chi connectivity index (χ0n) is 9.66. The molecule has 0 aromatic heterocycles. The average molecular weight is 292 g/mol. The Hall–Kier alpha value is -1.49. The van der Waals surface area contributed by atoms with Crippen molar-refractivity contribution in [2.45, 2.75) is 31.5 Å². The lowest BCUT2D eigenvalue weighted by Gasteiger charge is -2.35. The number of hydrogen-bond acceptors (Lipinski definition) is 5. The second kappa shape index (κ2) is 4.56. The molecule has 1 N–H and O–H groups in total. The molecule has 19 heavy (non-hydrogen) atoms. The van der Waals surface area contributed by atoms with Gasteiger partial charge < -0.3 is 9.84 Å². The minimum absolute atomic E-state index is 0.196. The number of rotatable bonds is 2. The van der Waals surface area contributed by atoms with Crippen LogP contribution in [0.5, 0.6) is 0 Å². The van der Waals surface area contributed by atoms with Crippen molar-refractivity contribution in [1.82, 2.24) is 5.01 Å². The number of aliphatic hydroxyl groups is 1. The number of hydrogen-bond donors (Lipinski definition) is 1. The number of ether oxygens (including phenoxy) is 2. The van der Waals surface area contributed by atoms with Crippen LogP contribution in [0.15, 0.2) is 5.10 Å². The van der Waals surface area contributed by atoms with Crippen molar-refractivity contribution < 1.29 is 41.3 Å². The largest absolute Gasteiger partial charge is 0.527 e. The van der Waals surface area contributed by atoms with Crippen molar-refractivity contribution in [3.63, 3.8) is 0 Å². The highest BCUT2D eigenvalue weighted by molar-refractivity contribution is 5.87. The summed E-state index contributed by atoms with van der Waals surface area (Å²) in [6.45, 7) is 1.14. The monoisotopic (exact) mass is 292 g/mol. The highest BCUT2D eigenvalue weighted by Crippen LogP contribution is 2.43. The summed E-state index contributed by atoms with van der Waals surface area (Å²) in [6.07, 6.45) is -13.4. The Balaban J connectivity index is 3.11. The Morgan fingerprint density at radius 1 is 1.42 bits per heavy atom. The Bertz CT molecular complexity index is 410. The molecule has 0 spiro atoms. The van der Waals surface area contributed by atoms with E-state index in [2.05, 4.69) is 14.6 Å². The summed E-state index contributed by atoms with van der Waals surface area (Å²) in [5, 5.41) is 12.6. The molecule has 110 valence electrons. The average Bonchev–Trinajstić information content (AvgIpc) is 2.51. The van der Waals surface area contributed by atoms with Crippen LogP contribution in [0.25, 0.3) is 0 Å². The van der Waals surface area contributed by atoms with Gasteiger partial charge >= 0.3 is 18.6 Å². The van der Waals surface area contributed by atoms with E-state index in [4.69, 9.17) is 0 Å². The van der Waals surface area contributed by atoms with Crippen LogP contribution in [0.3, 0.4) is 0 Å². The van der Waals surface area contributed by atoms with Gasteiger partial charge in [0.15, 0.2) is 0 Å². The maximum Gasteiger partial charge on any atom is 0.527 e. The third-order valence-corrected chi connectivity index (χ3v) is 2.18. The van der Waals surface area contributed by atoms with Crippen LogP contribution in [-0.4, -0.2) is 47.2 Å². The van der Waals surface area contributed by atoms with Crippen LogP contribution < -0.4 is 0 Å². The first kappa shape index (κ1) is 15.6. The summed E-state index contributed by atoms with van der Waals surface area (Å²) in [5.74, 6) is 0. The van der Waals surface area contributed by atoms with Gasteiger partial charge in [0.2, 0.25) is 0 Å². The zero-order valence-corrected chi connectivity index (χ0v) is 9.66. The van der Waals surface area contributed by atoms with Gasteiger partial charge in [0.1, 0.15) is 0 Å². The maximum absolute atomic E-state index is 13.4. The lowest BCUT2D eigenvalue weighted by molar-refractivity contribution is -0.469. The summed E-state index contributed by atoms with van der Waals surface area (Å²) in [6, 6.07) is 0. The van der Waals surface area contributed by atoms with E-state index in [0.29, 0.717) is 0 Å². The third kappa shape index (κ3) is 2.92. The molecule has 1 atom stereocenters. The third-order valence-electron chi connectivity index (χ3n) is 2.18. The number of alkyl halides is 5. The van der Waals surface area contributed by atoms with Crippen LogP contribution >= 0.6 is 0 Å². The van der Waals surface area contributed by atoms with E-state index < -0.39 is 30.7 Å². The zero-order chi connectivity index (χ0) is 15.1. The Morgan fingerprint density at radius 2 is 1.95 bits per heavy atom. The molecule has 11 heteroatoms. The summed E-state index contributed by atoms with van der Waals surface area (Å²) < 4.78 is 69.1. The highest BCUT2D eigenvalue weighted by Gasteiger charge is 2.67. The second-order valence-electron chi connectivity index (χ2n) is 3.68. The van der Waals surface area contributed by atoms with Crippen molar-refractivity contribution >= 4 is 11.8 Å². The van der Waals surface area contributed by atoms with E-state index in [9.17, 15) is 31.9 Å². The minimum atomic E-state index is -5.71. The summed E-state index contributed by atoms with van der Waals surface area (Å²) in [5.41, 5.74) is -3.81. The van der Waals surface area contributed by atoms with Crippen molar-refractivity contribution in [2.75, 3.05) is 7.11 Å². The molecule has 0 aromatic carbocycles. The topological polar surface area (TPSA) is 71.4 Å². The molecule has 0 saturated heterocycles. The Morgan fingerprint density at radius 3 is 2.37 bits per heavy atom. The van der Waals surface area contributed by atoms with Gasteiger partial charge in [-0.05, 0) is 6.92 Å². The van der Waals surface area contributed by atoms with Crippen LogP contribution in [0, 0.1) is 0 Å². The van der Waals surface area contributed by atoms with Crippen molar-refractivity contribution in [3.8, 4) is 0 Å². The van der Waals surface area contributed by atoms with Gasteiger partial charge in [0.05, 0.1) is 7.11 Å². The van der Waals surface area contributed by atoms with Crippen LogP contribution in [0.4, 0.5) is 26.7 Å². The van der Waals surface area contributed by atoms with Crippen LogP contribution in [0.1, 0.15) is 13.3 Å². The van der Waals surface area contributed by atoms with Crippen LogP contribution in [-0.2, 0) is 9.47 Å². The predicted octanol–water partition coefficient (Wildman–Crippen LogP) is 1.65. The molecule has 0 aliphatic carbocycles. The van der Waals surface area contributed by atoms with E-state index in [0.717, 1.165) is 14.0 Å². The van der Waals surface area contributed by atoms with Gasteiger partial charge in [-0.15, -0.1) is 13.2 Å². The SMILES string of the molecule is COC(=O)N1N=C(C)C[C@@]1(O)C(F)(F)OC(F)(F)F.